The number of likely N-dealkylation sites (tertiary alicyclic amines) is 2. The number of terminal acetylenes is 1. The summed E-state index contributed by atoms with van der Waals surface area (Å²) < 4.78 is 9.49. The average molecular weight is 767 g/mol. The van der Waals surface area contributed by atoms with Gasteiger partial charge < -0.3 is 39.9 Å². The predicted molar refractivity (Wildman–Crippen MR) is 208 cm³/mol. The number of nitrogens with zero attached hydrogens (tertiary/aromatic N) is 4. The fourth-order valence-corrected chi connectivity index (χ4v) is 9.68. The number of carbonyl (C=O) groups excluding carboxylic acids is 4. The standard InChI is InChI=1S/C42H54N8O6/c1-6-9-29(46-39(53)55-4)37(51)49-22-7-11-32(49)36-44-25-33(47-36)42-19-16-41(17-20-42,18-21-42)28-14-12-27(13-15-28)30-24-43-35(45-30)31-10-8-23-50(31)38(52)34(26(2)3)48-40(54)56-5/h1,12-15,24-26,29,31-32,34H,7-11,16-23H2,2-5H3,(H,43,45)(H,44,47)(H,46,53)(H,48,54)/t29-,31-,32-,34-,41?,42?/m0/s1. The van der Waals surface area contributed by atoms with Gasteiger partial charge in [-0.25, -0.2) is 19.6 Å². The Morgan fingerprint density at radius 1 is 0.821 bits per heavy atom. The summed E-state index contributed by atoms with van der Waals surface area (Å²) in [7, 11) is 2.56. The molecular weight excluding hydrogens is 713 g/mol. The third-order valence-corrected chi connectivity index (χ3v) is 13.0. The Bertz CT molecular complexity index is 1940. The highest BCUT2D eigenvalue weighted by Gasteiger charge is 2.51. The van der Waals surface area contributed by atoms with Gasteiger partial charge in [0.1, 0.15) is 23.7 Å². The van der Waals surface area contributed by atoms with Crippen LogP contribution in [0, 0.1) is 18.3 Å². The Kier molecular flexibility index (Phi) is 11.2. The second kappa shape index (κ2) is 16.0. The summed E-state index contributed by atoms with van der Waals surface area (Å²) in [5, 5.41) is 5.31. The number of rotatable bonds is 11. The van der Waals surface area contributed by atoms with Crippen molar-refractivity contribution >= 4 is 24.0 Å². The van der Waals surface area contributed by atoms with Gasteiger partial charge in [0.25, 0.3) is 0 Å². The van der Waals surface area contributed by atoms with E-state index in [-0.39, 0.29) is 47.1 Å². The quantitative estimate of drug-likeness (QED) is 0.177. The molecule has 2 aromatic heterocycles. The maximum atomic E-state index is 13.6. The Labute approximate surface area is 328 Å². The first-order valence-corrected chi connectivity index (χ1v) is 20.0. The minimum Gasteiger partial charge on any atom is -0.453 e. The molecule has 0 spiro atoms. The highest BCUT2D eigenvalue weighted by molar-refractivity contribution is 5.87. The van der Waals surface area contributed by atoms with Gasteiger partial charge >= 0.3 is 12.2 Å². The number of H-pyrrole nitrogens is 2. The maximum Gasteiger partial charge on any atom is 0.407 e. The molecule has 8 rings (SSSR count). The monoisotopic (exact) mass is 766 g/mol. The van der Waals surface area contributed by atoms with Crippen molar-refractivity contribution in [2.24, 2.45) is 5.92 Å². The maximum absolute atomic E-state index is 13.6. The van der Waals surface area contributed by atoms with E-state index in [1.165, 1.54) is 19.8 Å². The third kappa shape index (κ3) is 7.35. The lowest BCUT2D eigenvalue weighted by molar-refractivity contribution is -0.135. The molecule has 14 nitrogen and oxygen atoms in total. The number of nitrogens with one attached hydrogen (secondary N) is 4. The van der Waals surface area contributed by atoms with Crippen molar-refractivity contribution in [3.63, 3.8) is 0 Å². The minimum absolute atomic E-state index is 0.0329. The summed E-state index contributed by atoms with van der Waals surface area (Å²) >= 11 is 0. The molecule has 14 heteroatoms. The molecule has 0 radical (unpaired) electrons. The molecule has 4 atom stereocenters. The largest absolute Gasteiger partial charge is 0.453 e. The molecule has 3 saturated carbocycles. The molecule has 4 amide bonds. The zero-order chi connectivity index (χ0) is 39.6. The highest BCUT2D eigenvalue weighted by Crippen LogP contribution is 2.58. The molecule has 0 unspecified atom stereocenters. The highest BCUT2D eigenvalue weighted by atomic mass is 16.5. The van der Waals surface area contributed by atoms with Crippen LogP contribution < -0.4 is 10.6 Å². The van der Waals surface area contributed by atoms with Crippen molar-refractivity contribution in [1.82, 2.24) is 40.4 Å². The van der Waals surface area contributed by atoms with E-state index in [1.54, 1.807) is 4.90 Å². The SMILES string of the molecule is C#CC[C@H](NC(=O)OC)C(=O)N1CCC[C@H]1c1ncc(C23CCC(c4ccc(-c5cnc([C@@H]6CCCN6C(=O)[C@@H](NC(=O)OC)C(C)C)[nH]5)cc4)(CC2)CC3)[nH]1. The number of imidazole rings is 2. The summed E-state index contributed by atoms with van der Waals surface area (Å²) in [6.07, 6.45) is 17.9. The van der Waals surface area contributed by atoms with Gasteiger partial charge in [0.05, 0.1) is 38.2 Å². The minimum atomic E-state index is -0.848. The number of aromatic nitrogens is 4. The second-order valence-electron chi connectivity index (χ2n) is 16.3. The Hall–Kier alpha value is -5.32. The summed E-state index contributed by atoms with van der Waals surface area (Å²) in [5.74, 6) is 3.61. The molecule has 4 heterocycles. The van der Waals surface area contributed by atoms with Crippen LogP contribution in [0.2, 0.25) is 0 Å². The van der Waals surface area contributed by atoms with E-state index in [0.29, 0.717) is 13.1 Å². The van der Waals surface area contributed by atoms with Crippen LogP contribution in [0.1, 0.15) is 119 Å². The van der Waals surface area contributed by atoms with Gasteiger partial charge in [0.2, 0.25) is 11.8 Å². The number of ether oxygens (including phenoxy) is 2. The van der Waals surface area contributed by atoms with Crippen molar-refractivity contribution < 1.29 is 28.7 Å². The number of methoxy groups -OCH3 is 2. The van der Waals surface area contributed by atoms with Gasteiger partial charge in [-0.3, -0.25) is 9.59 Å². The summed E-state index contributed by atoms with van der Waals surface area (Å²) in [6.45, 7) is 5.01. The van der Waals surface area contributed by atoms with Crippen LogP contribution in [0.3, 0.4) is 0 Å². The number of carbonyl (C=O) groups is 4. The molecule has 3 aromatic rings. The number of hydrogen-bond donors (Lipinski definition) is 4. The Morgan fingerprint density at radius 2 is 1.38 bits per heavy atom. The van der Waals surface area contributed by atoms with Gasteiger partial charge in [0, 0.05) is 36.8 Å². The van der Waals surface area contributed by atoms with Crippen LogP contribution in [0.4, 0.5) is 9.59 Å². The molecule has 1 aromatic carbocycles. The topological polar surface area (TPSA) is 175 Å². The van der Waals surface area contributed by atoms with Crippen LogP contribution >= 0.6 is 0 Å². The number of benzene rings is 1. The molecule has 56 heavy (non-hydrogen) atoms. The van der Waals surface area contributed by atoms with E-state index >= 15 is 0 Å². The molecule has 3 aliphatic carbocycles. The lowest BCUT2D eigenvalue weighted by atomic mass is 9.51. The zero-order valence-corrected chi connectivity index (χ0v) is 32.9. The lowest BCUT2D eigenvalue weighted by Crippen LogP contribution is -2.51. The summed E-state index contributed by atoms with van der Waals surface area (Å²) in [6, 6.07) is 6.98. The number of alkyl carbamates (subject to hydrolysis) is 2. The average Bonchev–Trinajstić information content (AvgIpc) is 4.07. The summed E-state index contributed by atoms with van der Waals surface area (Å²) in [4.78, 5) is 71.4. The first kappa shape index (κ1) is 38.9. The van der Waals surface area contributed by atoms with E-state index in [2.05, 4.69) is 50.8 Å². The van der Waals surface area contributed by atoms with E-state index in [9.17, 15) is 19.2 Å². The van der Waals surface area contributed by atoms with Crippen LogP contribution in [0.25, 0.3) is 11.3 Å². The number of aromatic amines is 2. The lowest BCUT2D eigenvalue weighted by Gasteiger charge is -2.53. The molecular formula is C42H54N8O6. The molecule has 298 valence electrons. The van der Waals surface area contributed by atoms with Crippen molar-refractivity contribution in [3.05, 3.63) is 59.6 Å². The van der Waals surface area contributed by atoms with Crippen molar-refractivity contribution in [3.8, 4) is 23.6 Å². The van der Waals surface area contributed by atoms with E-state index < -0.39 is 24.3 Å². The van der Waals surface area contributed by atoms with E-state index in [4.69, 9.17) is 25.9 Å². The number of amides is 4. The fourth-order valence-electron chi connectivity index (χ4n) is 9.68. The first-order valence-electron chi connectivity index (χ1n) is 20.0. The van der Waals surface area contributed by atoms with Crippen LogP contribution in [0.5, 0.6) is 0 Å². The fraction of sp³-hybridized carbons (Fsp3) is 0.571. The van der Waals surface area contributed by atoms with Crippen LogP contribution in [-0.4, -0.2) is 93.1 Å². The molecule has 2 aliphatic heterocycles. The van der Waals surface area contributed by atoms with Crippen molar-refractivity contribution in [1.29, 1.82) is 0 Å². The van der Waals surface area contributed by atoms with Gasteiger partial charge in [-0.2, -0.15) is 0 Å². The molecule has 4 N–H and O–H groups in total. The van der Waals surface area contributed by atoms with E-state index in [1.807, 2.05) is 31.1 Å². The van der Waals surface area contributed by atoms with Gasteiger partial charge in [-0.05, 0) is 86.7 Å². The molecule has 2 saturated heterocycles. The van der Waals surface area contributed by atoms with Crippen LogP contribution in [-0.2, 0) is 29.9 Å². The molecule has 2 bridgehead atoms. The zero-order valence-electron chi connectivity index (χ0n) is 32.9. The van der Waals surface area contributed by atoms with Crippen LogP contribution in [0.15, 0.2) is 36.7 Å². The van der Waals surface area contributed by atoms with Crippen molar-refractivity contribution in [2.75, 3.05) is 27.3 Å². The summed E-state index contributed by atoms with van der Waals surface area (Å²) in [5.41, 5.74) is 4.64. The van der Waals surface area contributed by atoms with E-state index in [0.717, 1.165) is 92.8 Å². The van der Waals surface area contributed by atoms with Gasteiger partial charge in [-0.15, -0.1) is 12.3 Å². The van der Waals surface area contributed by atoms with Gasteiger partial charge in [-0.1, -0.05) is 38.1 Å². The molecule has 5 fully saturated rings. The van der Waals surface area contributed by atoms with Gasteiger partial charge in [0.15, 0.2) is 0 Å². The second-order valence-corrected chi connectivity index (χ2v) is 16.3. The Morgan fingerprint density at radius 3 is 1.96 bits per heavy atom. The normalized spacial score (nSPS) is 25.4. The number of hydrogen-bond acceptors (Lipinski definition) is 8. The molecule has 5 aliphatic rings. The first-order chi connectivity index (χ1) is 27.0. The third-order valence-electron chi connectivity index (χ3n) is 13.0. The Balaban J connectivity index is 0.992. The van der Waals surface area contributed by atoms with Crippen molar-refractivity contribution in [2.45, 2.75) is 119 Å². The number of fused-ring (bicyclic) bond motifs is 3. The predicted octanol–water partition coefficient (Wildman–Crippen LogP) is 5.80. The smallest absolute Gasteiger partial charge is 0.407 e.